The SMILES string of the molecule is CC(C)(O)c1ccc2c(c1)CNCCC2. The lowest BCUT2D eigenvalue weighted by atomic mass is 9.93. The van der Waals surface area contributed by atoms with Crippen molar-refractivity contribution >= 4 is 0 Å². The second kappa shape index (κ2) is 3.95. The fourth-order valence-electron chi connectivity index (χ4n) is 2.04. The van der Waals surface area contributed by atoms with Crippen molar-refractivity contribution in [1.29, 1.82) is 0 Å². The lowest BCUT2D eigenvalue weighted by Crippen LogP contribution is -2.17. The van der Waals surface area contributed by atoms with Gasteiger partial charge >= 0.3 is 0 Å². The summed E-state index contributed by atoms with van der Waals surface area (Å²) in [5.74, 6) is 0. The number of hydrogen-bond acceptors (Lipinski definition) is 2. The highest BCUT2D eigenvalue weighted by atomic mass is 16.3. The predicted octanol–water partition coefficient (Wildman–Crippen LogP) is 1.95. The quantitative estimate of drug-likeness (QED) is 0.734. The van der Waals surface area contributed by atoms with Gasteiger partial charge in [0.1, 0.15) is 0 Å². The van der Waals surface area contributed by atoms with Crippen LogP contribution in [-0.2, 0) is 18.6 Å². The zero-order valence-corrected chi connectivity index (χ0v) is 9.51. The molecule has 0 spiro atoms. The summed E-state index contributed by atoms with van der Waals surface area (Å²) in [5, 5.41) is 13.3. The third-order valence-electron chi connectivity index (χ3n) is 3.03. The zero-order valence-electron chi connectivity index (χ0n) is 9.51. The molecule has 1 aliphatic heterocycles. The second-order valence-corrected chi connectivity index (χ2v) is 4.82. The van der Waals surface area contributed by atoms with E-state index in [0.29, 0.717) is 0 Å². The Hall–Kier alpha value is -0.860. The Labute approximate surface area is 91.3 Å². The molecule has 15 heavy (non-hydrogen) atoms. The number of hydrogen-bond donors (Lipinski definition) is 2. The molecule has 0 aromatic heterocycles. The maximum absolute atomic E-state index is 9.94. The molecule has 1 aliphatic rings. The molecular weight excluding hydrogens is 186 g/mol. The standard InChI is InChI=1S/C13H19NO/c1-13(2,15)12-6-5-10-4-3-7-14-9-11(10)8-12/h5-6,8,14-15H,3-4,7,9H2,1-2H3. The van der Waals surface area contributed by atoms with E-state index in [9.17, 15) is 5.11 Å². The summed E-state index contributed by atoms with van der Waals surface area (Å²) in [4.78, 5) is 0. The zero-order chi connectivity index (χ0) is 10.9. The van der Waals surface area contributed by atoms with E-state index in [0.717, 1.165) is 25.1 Å². The van der Waals surface area contributed by atoms with Gasteiger partial charge in [-0.25, -0.2) is 0 Å². The highest BCUT2D eigenvalue weighted by Gasteiger charge is 2.17. The van der Waals surface area contributed by atoms with Crippen molar-refractivity contribution < 1.29 is 5.11 Å². The van der Waals surface area contributed by atoms with Crippen LogP contribution < -0.4 is 5.32 Å². The van der Waals surface area contributed by atoms with Crippen LogP contribution in [0.2, 0.25) is 0 Å². The van der Waals surface area contributed by atoms with Gasteiger partial charge in [0.05, 0.1) is 5.60 Å². The third kappa shape index (κ3) is 2.39. The topological polar surface area (TPSA) is 32.3 Å². The lowest BCUT2D eigenvalue weighted by Gasteiger charge is -2.19. The summed E-state index contributed by atoms with van der Waals surface area (Å²) in [5.41, 5.74) is 3.03. The van der Waals surface area contributed by atoms with Crippen LogP contribution in [0.25, 0.3) is 0 Å². The molecule has 0 bridgehead atoms. The Balaban J connectivity index is 2.36. The van der Waals surface area contributed by atoms with Gasteiger partial charge in [-0.2, -0.15) is 0 Å². The average molecular weight is 205 g/mol. The highest BCUT2D eigenvalue weighted by molar-refractivity contribution is 5.35. The molecule has 1 aromatic rings. The first-order valence-electron chi connectivity index (χ1n) is 5.63. The van der Waals surface area contributed by atoms with E-state index in [4.69, 9.17) is 0 Å². The Bertz CT molecular complexity index is 352. The lowest BCUT2D eigenvalue weighted by molar-refractivity contribution is 0.0785. The van der Waals surface area contributed by atoms with Gasteiger partial charge in [-0.1, -0.05) is 18.2 Å². The maximum atomic E-state index is 9.94. The van der Waals surface area contributed by atoms with Crippen molar-refractivity contribution in [3.63, 3.8) is 0 Å². The number of benzene rings is 1. The monoisotopic (exact) mass is 205 g/mol. The van der Waals surface area contributed by atoms with Crippen LogP contribution in [0.1, 0.15) is 37.0 Å². The van der Waals surface area contributed by atoms with Crippen LogP contribution in [0.3, 0.4) is 0 Å². The van der Waals surface area contributed by atoms with E-state index in [-0.39, 0.29) is 0 Å². The fourth-order valence-corrected chi connectivity index (χ4v) is 2.04. The molecule has 1 aromatic carbocycles. The fraction of sp³-hybridized carbons (Fsp3) is 0.538. The van der Waals surface area contributed by atoms with Gasteiger partial charge in [0, 0.05) is 6.54 Å². The normalized spacial score (nSPS) is 17.0. The molecule has 2 nitrogen and oxygen atoms in total. The number of aliphatic hydroxyl groups is 1. The van der Waals surface area contributed by atoms with E-state index < -0.39 is 5.60 Å². The number of fused-ring (bicyclic) bond motifs is 1. The summed E-state index contributed by atoms with van der Waals surface area (Å²) in [6.45, 7) is 5.68. The molecule has 82 valence electrons. The molecule has 2 N–H and O–H groups in total. The van der Waals surface area contributed by atoms with Crippen LogP contribution >= 0.6 is 0 Å². The van der Waals surface area contributed by atoms with Crippen LogP contribution in [0.5, 0.6) is 0 Å². The molecule has 1 heterocycles. The maximum Gasteiger partial charge on any atom is 0.0840 e. The van der Waals surface area contributed by atoms with Crippen LogP contribution in [0.4, 0.5) is 0 Å². The third-order valence-corrected chi connectivity index (χ3v) is 3.03. The number of nitrogens with one attached hydrogen (secondary N) is 1. The Morgan fingerprint density at radius 3 is 2.80 bits per heavy atom. The molecule has 0 radical (unpaired) electrons. The van der Waals surface area contributed by atoms with Gasteiger partial charge in [-0.3, -0.25) is 0 Å². The van der Waals surface area contributed by atoms with Gasteiger partial charge in [0.15, 0.2) is 0 Å². The first-order valence-corrected chi connectivity index (χ1v) is 5.63. The summed E-state index contributed by atoms with van der Waals surface area (Å²) in [7, 11) is 0. The van der Waals surface area contributed by atoms with Crippen molar-refractivity contribution in [2.24, 2.45) is 0 Å². The van der Waals surface area contributed by atoms with Crippen LogP contribution in [-0.4, -0.2) is 11.7 Å². The second-order valence-electron chi connectivity index (χ2n) is 4.82. The molecule has 0 atom stereocenters. The van der Waals surface area contributed by atoms with Crippen molar-refractivity contribution in [1.82, 2.24) is 5.32 Å². The minimum atomic E-state index is -0.735. The summed E-state index contributed by atoms with van der Waals surface area (Å²) in [6, 6.07) is 6.34. The first kappa shape index (κ1) is 10.7. The number of rotatable bonds is 1. The van der Waals surface area contributed by atoms with Gasteiger partial charge in [0.25, 0.3) is 0 Å². The average Bonchev–Trinajstić information content (AvgIpc) is 2.39. The van der Waals surface area contributed by atoms with E-state index in [1.165, 1.54) is 17.5 Å². The summed E-state index contributed by atoms with van der Waals surface area (Å²) < 4.78 is 0. The molecule has 2 heteroatoms. The molecule has 0 saturated carbocycles. The van der Waals surface area contributed by atoms with Crippen LogP contribution in [0, 0.1) is 0 Å². The summed E-state index contributed by atoms with van der Waals surface area (Å²) in [6.07, 6.45) is 2.35. The molecular formula is C13H19NO. The van der Waals surface area contributed by atoms with Crippen molar-refractivity contribution in [2.75, 3.05) is 6.54 Å². The summed E-state index contributed by atoms with van der Waals surface area (Å²) >= 11 is 0. The number of aryl methyl sites for hydroxylation is 1. The Morgan fingerprint density at radius 1 is 1.27 bits per heavy atom. The molecule has 0 unspecified atom stereocenters. The van der Waals surface area contributed by atoms with E-state index in [1.807, 2.05) is 19.9 Å². The minimum absolute atomic E-state index is 0.735. The van der Waals surface area contributed by atoms with E-state index in [1.54, 1.807) is 0 Å². The van der Waals surface area contributed by atoms with Crippen molar-refractivity contribution in [3.05, 3.63) is 34.9 Å². The Morgan fingerprint density at radius 2 is 2.07 bits per heavy atom. The minimum Gasteiger partial charge on any atom is -0.386 e. The molecule has 0 amide bonds. The molecule has 0 fully saturated rings. The van der Waals surface area contributed by atoms with Gasteiger partial charge in [-0.05, 0) is 49.9 Å². The van der Waals surface area contributed by atoms with Gasteiger partial charge in [-0.15, -0.1) is 0 Å². The Kier molecular flexibility index (Phi) is 2.81. The van der Waals surface area contributed by atoms with Crippen molar-refractivity contribution in [3.8, 4) is 0 Å². The predicted molar refractivity (Wildman–Crippen MR) is 61.7 cm³/mol. The first-order chi connectivity index (χ1) is 7.07. The van der Waals surface area contributed by atoms with Crippen LogP contribution in [0.15, 0.2) is 18.2 Å². The van der Waals surface area contributed by atoms with E-state index >= 15 is 0 Å². The highest BCUT2D eigenvalue weighted by Crippen LogP contribution is 2.24. The molecule has 2 rings (SSSR count). The molecule has 0 saturated heterocycles. The van der Waals surface area contributed by atoms with E-state index in [2.05, 4.69) is 17.4 Å². The largest absolute Gasteiger partial charge is 0.386 e. The van der Waals surface area contributed by atoms with Gasteiger partial charge < -0.3 is 10.4 Å². The molecule has 0 aliphatic carbocycles. The van der Waals surface area contributed by atoms with Gasteiger partial charge in [0.2, 0.25) is 0 Å². The smallest absolute Gasteiger partial charge is 0.0840 e. The van der Waals surface area contributed by atoms with Crippen molar-refractivity contribution in [2.45, 2.75) is 38.8 Å².